The lowest BCUT2D eigenvalue weighted by atomic mass is 10.1. The molecule has 20 heavy (non-hydrogen) atoms. The van der Waals surface area contributed by atoms with Crippen LogP contribution in [0.15, 0.2) is 29.8 Å². The molecule has 0 radical (unpaired) electrons. The molecule has 0 aliphatic carbocycles. The fourth-order valence-electron chi connectivity index (χ4n) is 2.12. The molecule has 1 aliphatic rings. The summed E-state index contributed by atoms with van der Waals surface area (Å²) in [7, 11) is 0. The van der Waals surface area contributed by atoms with Gasteiger partial charge in [0.15, 0.2) is 0 Å². The van der Waals surface area contributed by atoms with Gasteiger partial charge in [-0.25, -0.2) is 4.79 Å². The summed E-state index contributed by atoms with van der Waals surface area (Å²) < 4.78 is 0. The zero-order valence-corrected chi connectivity index (χ0v) is 10.9. The molecular formula is C15H14N2O3. The van der Waals surface area contributed by atoms with E-state index in [1.165, 1.54) is 18.2 Å². The summed E-state index contributed by atoms with van der Waals surface area (Å²) in [4.78, 5) is 24.5. The number of aromatic carboxylic acids is 1. The summed E-state index contributed by atoms with van der Waals surface area (Å²) in [5.74, 6) is -1.26. The molecule has 2 rings (SSSR count). The number of hydrogen-bond acceptors (Lipinski definition) is 3. The van der Waals surface area contributed by atoms with Gasteiger partial charge < -0.3 is 10.0 Å². The Balaban J connectivity index is 2.20. The van der Waals surface area contributed by atoms with Crippen LogP contribution in [0, 0.1) is 11.3 Å². The Kier molecular flexibility index (Phi) is 4.16. The van der Waals surface area contributed by atoms with Gasteiger partial charge in [-0.05, 0) is 36.6 Å². The average molecular weight is 270 g/mol. The first-order valence-corrected chi connectivity index (χ1v) is 6.36. The maximum Gasteiger partial charge on any atom is 0.335 e. The van der Waals surface area contributed by atoms with Crippen LogP contribution in [0.25, 0.3) is 6.08 Å². The average Bonchev–Trinajstić information content (AvgIpc) is 2.98. The number of carboxylic acid groups (broad SMARTS) is 1. The van der Waals surface area contributed by atoms with Gasteiger partial charge in [0.1, 0.15) is 11.6 Å². The molecule has 0 spiro atoms. The third kappa shape index (κ3) is 3.04. The number of carbonyl (C=O) groups is 2. The van der Waals surface area contributed by atoms with Crippen molar-refractivity contribution in [2.45, 2.75) is 12.8 Å². The quantitative estimate of drug-likeness (QED) is 0.672. The smallest absolute Gasteiger partial charge is 0.335 e. The van der Waals surface area contributed by atoms with E-state index < -0.39 is 5.97 Å². The Morgan fingerprint density at radius 3 is 2.30 bits per heavy atom. The fourth-order valence-corrected chi connectivity index (χ4v) is 2.12. The molecule has 0 unspecified atom stereocenters. The van der Waals surface area contributed by atoms with Crippen molar-refractivity contribution in [3.8, 4) is 6.07 Å². The number of nitriles is 1. The summed E-state index contributed by atoms with van der Waals surface area (Å²) >= 11 is 0. The van der Waals surface area contributed by atoms with E-state index in [4.69, 9.17) is 10.4 Å². The molecule has 1 aromatic carbocycles. The number of likely N-dealkylation sites (tertiary alicyclic amines) is 1. The highest BCUT2D eigenvalue weighted by Crippen LogP contribution is 2.14. The second-order valence-electron chi connectivity index (χ2n) is 4.60. The van der Waals surface area contributed by atoms with Crippen molar-refractivity contribution in [2.24, 2.45) is 0 Å². The van der Waals surface area contributed by atoms with Crippen LogP contribution in [0.5, 0.6) is 0 Å². The van der Waals surface area contributed by atoms with Gasteiger partial charge in [0.25, 0.3) is 5.91 Å². The van der Waals surface area contributed by atoms with E-state index in [-0.39, 0.29) is 17.0 Å². The number of carboxylic acids is 1. The molecule has 1 fully saturated rings. The predicted molar refractivity (Wildman–Crippen MR) is 72.8 cm³/mol. The highest BCUT2D eigenvalue weighted by atomic mass is 16.4. The monoisotopic (exact) mass is 270 g/mol. The molecule has 102 valence electrons. The third-order valence-electron chi connectivity index (χ3n) is 3.21. The Bertz CT molecular complexity index is 591. The first kappa shape index (κ1) is 13.8. The zero-order valence-electron chi connectivity index (χ0n) is 10.9. The maximum atomic E-state index is 12.1. The van der Waals surface area contributed by atoms with E-state index in [2.05, 4.69) is 0 Å². The fraction of sp³-hybridized carbons (Fsp3) is 0.267. The van der Waals surface area contributed by atoms with Gasteiger partial charge in [0.05, 0.1) is 5.56 Å². The summed E-state index contributed by atoms with van der Waals surface area (Å²) in [5, 5.41) is 17.9. The number of rotatable bonds is 3. The normalized spacial score (nSPS) is 14.9. The molecule has 1 aliphatic heterocycles. The van der Waals surface area contributed by atoms with Crippen LogP contribution in [-0.4, -0.2) is 35.0 Å². The van der Waals surface area contributed by atoms with Crippen LogP contribution >= 0.6 is 0 Å². The van der Waals surface area contributed by atoms with E-state index >= 15 is 0 Å². The van der Waals surface area contributed by atoms with Gasteiger partial charge in [0.2, 0.25) is 0 Å². The predicted octanol–water partition coefficient (Wildman–Crippen LogP) is 1.91. The topological polar surface area (TPSA) is 81.4 Å². The highest BCUT2D eigenvalue weighted by molar-refractivity contribution is 6.01. The molecule has 1 heterocycles. The molecule has 5 heteroatoms. The lowest BCUT2D eigenvalue weighted by Gasteiger charge is -2.14. The van der Waals surface area contributed by atoms with Gasteiger partial charge in [-0.3, -0.25) is 4.79 Å². The van der Waals surface area contributed by atoms with Crippen molar-refractivity contribution in [2.75, 3.05) is 13.1 Å². The van der Waals surface area contributed by atoms with E-state index in [1.54, 1.807) is 17.0 Å². The third-order valence-corrected chi connectivity index (χ3v) is 3.21. The minimum Gasteiger partial charge on any atom is -0.478 e. The molecule has 1 N–H and O–H groups in total. The zero-order chi connectivity index (χ0) is 14.5. The van der Waals surface area contributed by atoms with Gasteiger partial charge >= 0.3 is 5.97 Å². The molecule has 0 atom stereocenters. The molecular weight excluding hydrogens is 256 g/mol. The van der Waals surface area contributed by atoms with E-state index in [0.717, 1.165) is 12.8 Å². The van der Waals surface area contributed by atoms with Crippen LogP contribution in [0.4, 0.5) is 0 Å². The number of nitrogens with zero attached hydrogens (tertiary/aromatic N) is 2. The van der Waals surface area contributed by atoms with Crippen molar-refractivity contribution in [3.63, 3.8) is 0 Å². The molecule has 0 aromatic heterocycles. The number of benzene rings is 1. The van der Waals surface area contributed by atoms with Crippen LogP contribution in [-0.2, 0) is 4.79 Å². The van der Waals surface area contributed by atoms with Gasteiger partial charge in [-0.1, -0.05) is 12.1 Å². The number of hydrogen-bond donors (Lipinski definition) is 1. The first-order chi connectivity index (χ1) is 9.61. The Morgan fingerprint density at radius 1 is 1.20 bits per heavy atom. The standard InChI is InChI=1S/C15H14N2O3/c16-10-13(14(18)17-7-1-2-8-17)9-11-3-5-12(6-4-11)15(19)20/h3-6,9H,1-2,7-8H2,(H,19,20)/b13-9+. The second-order valence-corrected chi connectivity index (χ2v) is 4.60. The lowest BCUT2D eigenvalue weighted by molar-refractivity contribution is -0.125. The Labute approximate surface area is 116 Å². The van der Waals surface area contributed by atoms with Gasteiger partial charge in [0, 0.05) is 13.1 Å². The summed E-state index contributed by atoms with van der Waals surface area (Å²) in [6.45, 7) is 1.38. The Morgan fingerprint density at radius 2 is 1.80 bits per heavy atom. The molecule has 5 nitrogen and oxygen atoms in total. The summed E-state index contributed by atoms with van der Waals surface area (Å²) in [5.41, 5.74) is 0.889. The van der Waals surface area contributed by atoms with Gasteiger partial charge in [-0.15, -0.1) is 0 Å². The minimum absolute atomic E-state index is 0.0787. The molecule has 0 bridgehead atoms. The van der Waals surface area contributed by atoms with E-state index in [0.29, 0.717) is 18.7 Å². The van der Waals surface area contributed by atoms with Crippen molar-refractivity contribution in [1.82, 2.24) is 4.90 Å². The van der Waals surface area contributed by atoms with Crippen molar-refractivity contribution in [3.05, 3.63) is 41.0 Å². The number of carbonyl (C=O) groups excluding carboxylic acids is 1. The summed E-state index contributed by atoms with van der Waals surface area (Å²) in [6, 6.07) is 7.98. The highest BCUT2D eigenvalue weighted by Gasteiger charge is 2.21. The van der Waals surface area contributed by atoms with Crippen LogP contribution in [0.3, 0.4) is 0 Å². The molecule has 1 aromatic rings. The molecule has 0 saturated carbocycles. The lowest BCUT2D eigenvalue weighted by Crippen LogP contribution is -2.28. The van der Waals surface area contributed by atoms with Crippen LogP contribution in [0.2, 0.25) is 0 Å². The van der Waals surface area contributed by atoms with Crippen molar-refractivity contribution >= 4 is 18.0 Å². The summed E-state index contributed by atoms with van der Waals surface area (Å²) in [6.07, 6.45) is 3.43. The largest absolute Gasteiger partial charge is 0.478 e. The minimum atomic E-state index is -1.01. The molecule has 1 saturated heterocycles. The molecule has 1 amide bonds. The maximum absolute atomic E-state index is 12.1. The van der Waals surface area contributed by atoms with E-state index in [9.17, 15) is 9.59 Å². The van der Waals surface area contributed by atoms with Crippen molar-refractivity contribution < 1.29 is 14.7 Å². The van der Waals surface area contributed by atoms with Crippen LogP contribution < -0.4 is 0 Å². The van der Waals surface area contributed by atoms with Crippen molar-refractivity contribution in [1.29, 1.82) is 5.26 Å². The number of amides is 1. The second kappa shape index (κ2) is 6.02. The van der Waals surface area contributed by atoms with Gasteiger partial charge in [-0.2, -0.15) is 5.26 Å². The Hall–Kier alpha value is -2.61. The van der Waals surface area contributed by atoms with Crippen LogP contribution in [0.1, 0.15) is 28.8 Å². The van der Waals surface area contributed by atoms with E-state index in [1.807, 2.05) is 6.07 Å². The SMILES string of the molecule is N#C/C(=C\c1ccc(C(=O)O)cc1)C(=O)N1CCCC1. The first-order valence-electron chi connectivity index (χ1n) is 6.36.